The summed E-state index contributed by atoms with van der Waals surface area (Å²) in [4.78, 5) is 16.6. The van der Waals surface area contributed by atoms with Crippen molar-refractivity contribution in [3.8, 4) is 0 Å². The average molecular weight is 434 g/mol. The van der Waals surface area contributed by atoms with E-state index in [9.17, 15) is 13.2 Å². The molecule has 152 valence electrons. The summed E-state index contributed by atoms with van der Waals surface area (Å²) in [5, 5.41) is 10.9. The Bertz CT molecular complexity index is 1070. The second-order valence-electron chi connectivity index (χ2n) is 6.07. The van der Waals surface area contributed by atoms with Gasteiger partial charge in [0.2, 0.25) is 15.9 Å². The smallest absolute Gasteiger partial charge is 0.277 e. The first-order chi connectivity index (χ1) is 13.9. The van der Waals surface area contributed by atoms with Gasteiger partial charge < -0.3 is 9.73 Å². The molecule has 1 aromatic carbocycles. The number of hydrogen-bond acceptors (Lipinski definition) is 8. The lowest BCUT2D eigenvalue weighted by Gasteiger charge is -2.11. The molecule has 0 aliphatic rings. The summed E-state index contributed by atoms with van der Waals surface area (Å²) in [7, 11) is -0.641. The predicted octanol–water partition coefficient (Wildman–Crippen LogP) is 1.94. The number of amides is 1. The minimum atomic E-state index is -3.54. The van der Waals surface area contributed by atoms with Crippen LogP contribution < -0.4 is 5.32 Å². The van der Waals surface area contributed by atoms with Crippen LogP contribution >= 0.6 is 11.8 Å². The molecule has 9 nitrogen and oxygen atoms in total. The van der Waals surface area contributed by atoms with Crippen molar-refractivity contribution in [2.45, 2.75) is 22.4 Å². The van der Waals surface area contributed by atoms with Gasteiger partial charge in [0, 0.05) is 31.6 Å². The Morgan fingerprint density at radius 1 is 1.14 bits per heavy atom. The van der Waals surface area contributed by atoms with Gasteiger partial charge in [-0.25, -0.2) is 12.7 Å². The number of carbonyl (C=O) groups excluding carboxylic acids is 1. The molecule has 0 atom stereocenters. The third-order valence-corrected chi connectivity index (χ3v) is 6.49. The van der Waals surface area contributed by atoms with E-state index in [2.05, 4.69) is 20.5 Å². The summed E-state index contributed by atoms with van der Waals surface area (Å²) in [5.41, 5.74) is 1.22. The Morgan fingerprint density at radius 3 is 2.55 bits per heavy atom. The van der Waals surface area contributed by atoms with Crippen LogP contribution in [0.2, 0.25) is 0 Å². The van der Waals surface area contributed by atoms with Crippen molar-refractivity contribution in [1.29, 1.82) is 0 Å². The van der Waals surface area contributed by atoms with E-state index in [1.165, 1.54) is 50.1 Å². The molecule has 0 saturated heterocycles. The fraction of sp³-hybridized carbons (Fsp3) is 0.222. The van der Waals surface area contributed by atoms with Gasteiger partial charge in [-0.1, -0.05) is 17.8 Å². The van der Waals surface area contributed by atoms with E-state index < -0.39 is 10.0 Å². The monoisotopic (exact) mass is 433 g/mol. The van der Waals surface area contributed by atoms with Crippen LogP contribution in [-0.2, 0) is 22.3 Å². The van der Waals surface area contributed by atoms with Crippen LogP contribution in [0.4, 0.5) is 0 Å². The van der Waals surface area contributed by atoms with Gasteiger partial charge in [-0.3, -0.25) is 9.78 Å². The Kier molecular flexibility index (Phi) is 6.62. The van der Waals surface area contributed by atoms with Gasteiger partial charge in [0.1, 0.15) is 0 Å². The van der Waals surface area contributed by atoms with E-state index in [4.69, 9.17) is 4.42 Å². The lowest BCUT2D eigenvalue weighted by Crippen LogP contribution is -2.24. The Balaban J connectivity index is 1.54. The number of hydrogen-bond donors (Lipinski definition) is 1. The van der Waals surface area contributed by atoms with E-state index in [1.54, 1.807) is 6.20 Å². The maximum atomic E-state index is 12.3. The van der Waals surface area contributed by atoms with Crippen molar-refractivity contribution < 1.29 is 17.6 Å². The van der Waals surface area contributed by atoms with Gasteiger partial charge in [-0.2, -0.15) is 0 Å². The molecule has 11 heteroatoms. The van der Waals surface area contributed by atoms with Crippen molar-refractivity contribution in [2.24, 2.45) is 0 Å². The number of nitrogens with zero attached hydrogens (tertiary/aromatic N) is 4. The molecule has 0 unspecified atom stereocenters. The first-order valence-corrected chi connectivity index (χ1v) is 10.9. The number of thioether (sulfide) groups is 1. The predicted molar refractivity (Wildman–Crippen MR) is 107 cm³/mol. The molecule has 1 N–H and O–H groups in total. The second kappa shape index (κ2) is 9.16. The summed E-state index contributed by atoms with van der Waals surface area (Å²) in [6.07, 6.45) is 1.72. The molecule has 0 fully saturated rings. The van der Waals surface area contributed by atoms with Crippen LogP contribution in [0.3, 0.4) is 0 Å². The van der Waals surface area contributed by atoms with E-state index in [0.29, 0.717) is 16.5 Å². The second-order valence-corrected chi connectivity index (χ2v) is 9.14. The third kappa shape index (κ3) is 5.40. The highest BCUT2D eigenvalue weighted by Crippen LogP contribution is 2.20. The quantitative estimate of drug-likeness (QED) is 0.536. The van der Waals surface area contributed by atoms with Crippen LogP contribution in [0, 0.1) is 0 Å². The Morgan fingerprint density at radius 2 is 1.90 bits per heavy atom. The summed E-state index contributed by atoms with van der Waals surface area (Å²) < 4.78 is 30.7. The summed E-state index contributed by atoms with van der Waals surface area (Å²) in [5.74, 6) is 0.491. The minimum absolute atomic E-state index is 0.0632. The van der Waals surface area contributed by atoms with E-state index in [0.717, 1.165) is 10.00 Å². The first-order valence-electron chi connectivity index (χ1n) is 8.52. The molecule has 29 heavy (non-hydrogen) atoms. The van der Waals surface area contributed by atoms with E-state index in [-0.39, 0.29) is 23.2 Å². The van der Waals surface area contributed by atoms with Crippen molar-refractivity contribution in [3.05, 3.63) is 65.8 Å². The number of rotatable bonds is 8. The molecule has 2 heterocycles. The Hall–Kier alpha value is -2.76. The zero-order valence-electron chi connectivity index (χ0n) is 15.8. The lowest BCUT2D eigenvalue weighted by atomic mass is 10.2. The fourth-order valence-electron chi connectivity index (χ4n) is 2.23. The van der Waals surface area contributed by atoms with Crippen LogP contribution in [-0.4, -0.2) is 47.9 Å². The SMILES string of the molecule is CN(C)S(=O)(=O)c1ccc(C(=O)NCc2nnc(SCc3ccccn3)o2)cc1. The Labute approximate surface area is 172 Å². The molecule has 0 bridgehead atoms. The molecule has 0 aliphatic heterocycles. The molecule has 0 spiro atoms. The summed E-state index contributed by atoms with van der Waals surface area (Å²) >= 11 is 1.35. The number of carbonyl (C=O) groups is 1. The van der Waals surface area contributed by atoms with Crippen molar-refractivity contribution in [2.75, 3.05) is 14.1 Å². The number of nitrogens with one attached hydrogen (secondary N) is 1. The van der Waals surface area contributed by atoms with Gasteiger partial charge >= 0.3 is 0 Å². The maximum absolute atomic E-state index is 12.3. The number of aromatic nitrogens is 3. The zero-order chi connectivity index (χ0) is 20.9. The molecular weight excluding hydrogens is 414 g/mol. The van der Waals surface area contributed by atoms with Gasteiger partial charge in [0.15, 0.2) is 0 Å². The molecule has 2 aromatic heterocycles. The van der Waals surface area contributed by atoms with Gasteiger partial charge in [0.25, 0.3) is 11.1 Å². The average Bonchev–Trinajstić information content (AvgIpc) is 3.19. The summed E-state index contributed by atoms with van der Waals surface area (Å²) in [6, 6.07) is 11.3. The normalized spacial score (nSPS) is 11.6. The maximum Gasteiger partial charge on any atom is 0.277 e. The highest BCUT2D eigenvalue weighted by Gasteiger charge is 2.17. The van der Waals surface area contributed by atoms with Gasteiger partial charge in [0.05, 0.1) is 17.1 Å². The third-order valence-electron chi connectivity index (χ3n) is 3.81. The topological polar surface area (TPSA) is 118 Å². The van der Waals surface area contributed by atoms with Crippen LogP contribution in [0.5, 0.6) is 0 Å². The standard InChI is InChI=1S/C18H19N5O4S2/c1-23(2)29(25,26)15-8-6-13(7-9-15)17(24)20-11-16-21-22-18(27-16)28-12-14-5-3-4-10-19-14/h3-10H,11-12H2,1-2H3,(H,20,24). The fourth-order valence-corrected chi connectivity index (χ4v) is 3.83. The lowest BCUT2D eigenvalue weighted by molar-refractivity contribution is 0.0946. The van der Waals surface area contributed by atoms with Gasteiger partial charge in [-0.15, -0.1) is 10.2 Å². The zero-order valence-corrected chi connectivity index (χ0v) is 17.4. The molecule has 3 aromatic rings. The van der Waals surface area contributed by atoms with E-state index >= 15 is 0 Å². The molecule has 1 amide bonds. The van der Waals surface area contributed by atoms with Crippen molar-refractivity contribution in [3.63, 3.8) is 0 Å². The van der Waals surface area contributed by atoms with E-state index in [1.807, 2.05) is 18.2 Å². The highest BCUT2D eigenvalue weighted by atomic mass is 32.2. The first kappa shape index (κ1) is 21.0. The van der Waals surface area contributed by atoms with Crippen molar-refractivity contribution in [1.82, 2.24) is 24.8 Å². The van der Waals surface area contributed by atoms with Crippen molar-refractivity contribution >= 4 is 27.7 Å². The molecular formula is C18H19N5O4S2. The van der Waals surface area contributed by atoms with Gasteiger partial charge in [-0.05, 0) is 36.4 Å². The molecule has 0 radical (unpaired) electrons. The van der Waals surface area contributed by atoms with Crippen LogP contribution in [0.1, 0.15) is 21.9 Å². The molecule has 3 rings (SSSR count). The largest absolute Gasteiger partial charge is 0.414 e. The minimum Gasteiger partial charge on any atom is -0.414 e. The number of benzene rings is 1. The number of sulfonamides is 1. The summed E-state index contributed by atoms with van der Waals surface area (Å²) in [6.45, 7) is 0.0632. The highest BCUT2D eigenvalue weighted by molar-refractivity contribution is 7.98. The number of pyridine rings is 1. The van der Waals surface area contributed by atoms with Crippen LogP contribution in [0.25, 0.3) is 0 Å². The molecule has 0 aliphatic carbocycles. The van der Waals surface area contributed by atoms with Crippen LogP contribution in [0.15, 0.2) is 63.2 Å². The molecule has 0 saturated carbocycles.